The first-order chi connectivity index (χ1) is 8.36. The van der Waals surface area contributed by atoms with Crippen molar-refractivity contribution in [2.75, 3.05) is 17.3 Å². The molecule has 0 spiro atoms. The van der Waals surface area contributed by atoms with E-state index in [0.717, 1.165) is 18.9 Å². The number of hydrogen-bond donors (Lipinski definition) is 1. The first kappa shape index (κ1) is 10.1. The van der Waals surface area contributed by atoms with E-state index in [4.69, 9.17) is 0 Å². The Morgan fingerprint density at radius 3 is 2.47 bits per heavy atom. The Balaban J connectivity index is 1.88. The number of hydrogen-bond acceptors (Lipinski definition) is 3. The van der Waals surface area contributed by atoms with Gasteiger partial charge in [-0.2, -0.15) is 0 Å². The van der Waals surface area contributed by atoms with Crippen LogP contribution in [0.2, 0.25) is 0 Å². The van der Waals surface area contributed by atoms with Gasteiger partial charge in [0.25, 0.3) is 0 Å². The second-order valence-corrected chi connectivity index (χ2v) is 4.27. The lowest BCUT2D eigenvalue weighted by atomic mass is 10.1. The van der Waals surface area contributed by atoms with E-state index >= 15 is 0 Å². The molecule has 0 radical (unpaired) electrons. The molecule has 86 valence electrons. The number of aromatic nitrogens is 1. The zero-order valence-corrected chi connectivity index (χ0v) is 9.85. The lowest BCUT2D eigenvalue weighted by molar-refractivity contribution is 0.879. The fourth-order valence-electron chi connectivity index (χ4n) is 2.27. The minimum Gasteiger partial charge on any atom is -0.373 e. The Hall–Kier alpha value is -2.03. The highest BCUT2D eigenvalue weighted by molar-refractivity contribution is 5.56. The van der Waals surface area contributed by atoms with Gasteiger partial charge >= 0.3 is 0 Å². The lowest BCUT2D eigenvalue weighted by Crippen LogP contribution is -2.14. The molecule has 3 rings (SSSR count). The average molecular weight is 225 g/mol. The molecule has 0 saturated carbocycles. The van der Waals surface area contributed by atoms with E-state index in [1.807, 2.05) is 13.2 Å². The summed E-state index contributed by atoms with van der Waals surface area (Å²) in [5, 5.41) is 3.07. The molecule has 1 aromatic carbocycles. The molecule has 17 heavy (non-hydrogen) atoms. The van der Waals surface area contributed by atoms with Crippen LogP contribution in [-0.2, 0) is 13.1 Å². The van der Waals surface area contributed by atoms with E-state index in [-0.39, 0.29) is 0 Å². The highest BCUT2D eigenvalue weighted by Crippen LogP contribution is 2.28. The zero-order valence-electron chi connectivity index (χ0n) is 9.85. The highest BCUT2D eigenvalue weighted by Gasteiger charge is 2.18. The molecule has 0 fully saturated rings. The van der Waals surface area contributed by atoms with Crippen LogP contribution in [0.25, 0.3) is 0 Å². The molecule has 2 aromatic rings. The number of nitrogens with one attached hydrogen (secondary N) is 1. The highest BCUT2D eigenvalue weighted by atomic mass is 15.1. The van der Waals surface area contributed by atoms with Crippen LogP contribution in [0.1, 0.15) is 11.1 Å². The summed E-state index contributed by atoms with van der Waals surface area (Å²) in [6.45, 7) is 1.98. The maximum atomic E-state index is 4.24. The first-order valence-corrected chi connectivity index (χ1v) is 5.82. The quantitative estimate of drug-likeness (QED) is 0.851. The molecule has 0 aliphatic carbocycles. The number of anilines is 2. The largest absolute Gasteiger partial charge is 0.373 e. The van der Waals surface area contributed by atoms with Gasteiger partial charge in [-0.25, -0.2) is 4.98 Å². The molecule has 3 heteroatoms. The predicted octanol–water partition coefficient (Wildman–Crippen LogP) is 2.64. The second-order valence-electron chi connectivity index (χ2n) is 4.27. The first-order valence-electron chi connectivity index (χ1n) is 5.82. The van der Waals surface area contributed by atoms with Crippen LogP contribution in [0, 0.1) is 0 Å². The second kappa shape index (κ2) is 4.09. The van der Waals surface area contributed by atoms with Gasteiger partial charge in [0.15, 0.2) is 0 Å². The van der Waals surface area contributed by atoms with E-state index in [2.05, 4.69) is 51.6 Å². The van der Waals surface area contributed by atoms with Gasteiger partial charge in [-0.3, -0.25) is 0 Å². The topological polar surface area (TPSA) is 28.2 Å². The summed E-state index contributed by atoms with van der Waals surface area (Å²) in [7, 11) is 1.89. The van der Waals surface area contributed by atoms with Crippen LogP contribution in [-0.4, -0.2) is 12.0 Å². The molecule has 1 aliphatic rings. The summed E-state index contributed by atoms with van der Waals surface area (Å²) in [6, 6.07) is 12.8. The minimum atomic E-state index is 0.915. The maximum absolute atomic E-state index is 4.24. The van der Waals surface area contributed by atoms with Crippen molar-refractivity contribution in [3.8, 4) is 0 Å². The van der Waals surface area contributed by atoms with Crippen LogP contribution in [0.3, 0.4) is 0 Å². The Kier molecular flexibility index (Phi) is 2.44. The lowest BCUT2D eigenvalue weighted by Gasteiger charge is -2.18. The van der Waals surface area contributed by atoms with Crippen LogP contribution in [0.15, 0.2) is 42.6 Å². The monoisotopic (exact) mass is 225 g/mol. The normalized spacial score (nSPS) is 13.6. The Labute approximate surface area is 101 Å². The van der Waals surface area contributed by atoms with Gasteiger partial charge in [-0.15, -0.1) is 0 Å². The van der Waals surface area contributed by atoms with Crippen molar-refractivity contribution in [1.29, 1.82) is 0 Å². The number of pyridine rings is 1. The number of benzene rings is 1. The van der Waals surface area contributed by atoms with Crippen LogP contribution in [0.5, 0.6) is 0 Å². The molecular weight excluding hydrogens is 210 g/mol. The number of fused-ring (bicyclic) bond motifs is 1. The molecule has 0 bridgehead atoms. The van der Waals surface area contributed by atoms with Gasteiger partial charge in [-0.05, 0) is 17.2 Å². The van der Waals surface area contributed by atoms with Crippen molar-refractivity contribution >= 4 is 11.5 Å². The molecule has 1 aromatic heterocycles. The summed E-state index contributed by atoms with van der Waals surface area (Å²) in [4.78, 5) is 6.61. The van der Waals surface area contributed by atoms with Gasteiger partial charge in [0.05, 0.1) is 0 Å². The van der Waals surface area contributed by atoms with E-state index in [1.54, 1.807) is 0 Å². The van der Waals surface area contributed by atoms with Crippen molar-refractivity contribution in [2.24, 2.45) is 0 Å². The van der Waals surface area contributed by atoms with E-state index in [1.165, 1.54) is 16.8 Å². The SMILES string of the molecule is CNc1cc(N2Cc3ccccc3C2)ccn1. The van der Waals surface area contributed by atoms with Gasteiger partial charge in [-0.1, -0.05) is 24.3 Å². The average Bonchev–Trinajstić information content (AvgIpc) is 2.82. The summed E-state index contributed by atoms with van der Waals surface area (Å²) < 4.78 is 0. The predicted molar refractivity (Wildman–Crippen MR) is 70.1 cm³/mol. The Morgan fingerprint density at radius 2 is 1.82 bits per heavy atom. The Bertz CT molecular complexity index is 511. The number of nitrogens with zero attached hydrogens (tertiary/aromatic N) is 2. The van der Waals surface area contributed by atoms with Gasteiger partial charge < -0.3 is 10.2 Å². The third kappa shape index (κ3) is 1.84. The van der Waals surface area contributed by atoms with Crippen molar-refractivity contribution in [2.45, 2.75) is 13.1 Å². The summed E-state index contributed by atoms with van der Waals surface area (Å²) >= 11 is 0. The van der Waals surface area contributed by atoms with E-state index in [0.29, 0.717) is 0 Å². The molecular formula is C14H15N3. The van der Waals surface area contributed by atoms with Gasteiger partial charge in [0, 0.05) is 38.1 Å². The van der Waals surface area contributed by atoms with E-state index in [9.17, 15) is 0 Å². The molecule has 0 atom stereocenters. The Morgan fingerprint density at radius 1 is 1.12 bits per heavy atom. The fourth-order valence-corrected chi connectivity index (χ4v) is 2.27. The fraction of sp³-hybridized carbons (Fsp3) is 0.214. The standard InChI is InChI=1S/C14H15N3/c1-15-14-8-13(6-7-16-14)17-9-11-4-2-3-5-12(11)10-17/h2-8H,9-10H2,1H3,(H,15,16). The van der Waals surface area contributed by atoms with Crippen LogP contribution < -0.4 is 10.2 Å². The zero-order chi connectivity index (χ0) is 11.7. The van der Waals surface area contributed by atoms with Crippen LogP contribution >= 0.6 is 0 Å². The van der Waals surface area contributed by atoms with Crippen molar-refractivity contribution in [3.05, 3.63) is 53.7 Å². The summed E-state index contributed by atoms with van der Waals surface area (Å²) in [5.41, 5.74) is 4.08. The van der Waals surface area contributed by atoms with Crippen molar-refractivity contribution in [3.63, 3.8) is 0 Å². The molecule has 3 nitrogen and oxygen atoms in total. The van der Waals surface area contributed by atoms with E-state index < -0.39 is 0 Å². The maximum Gasteiger partial charge on any atom is 0.127 e. The molecule has 0 amide bonds. The third-order valence-corrected chi connectivity index (χ3v) is 3.21. The van der Waals surface area contributed by atoms with Crippen LogP contribution in [0.4, 0.5) is 11.5 Å². The van der Waals surface area contributed by atoms with Crippen molar-refractivity contribution in [1.82, 2.24) is 4.98 Å². The van der Waals surface area contributed by atoms with Gasteiger partial charge in [0.1, 0.15) is 5.82 Å². The molecule has 1 aliphatic heterocycles. The third-order valence-electron chi connectivity index (χ3n) is 3.21. The molecule has 0 unspecified atom stereocenters. The smallest absolute Gasteiger partial charge is 0.127 e. The number of rotatable bonds is 2. The molecule has 0 saturated heterocycles. The van der Waals surface area contributed by atoms with Crippen molar-refractivity contribution < 1.29 is 0 Å². The molecule has 1 N–H and O–H groups in total. The van der Waals surface area contributed by atoms with Gasteiger partial charge in [0.2, 0.25) is 0 Å². The summed E-state index contributed by atoms with van der Waals surface area (Å²) in [5.74, 6) is 0.915. The summed E-state index contributed by atoms with van der Waals surface area (Å²) in [6.07, 6.45) is 1.85. The molecule has 2 heterocycles. The minimum absolute atomic E-state index is 0.915.